The third kappa shape index (κ3) is 2.91. The van der Waals surface area contributed by atoms with Crippen molar-refractivity contribution in [2.45, 2.75) is 18.0 Å². The molecule has 0 amide bonds. The van der Waals surface area contributed by atoms with Gasteiger partial charge in [0.1, 0.15) is 0 Å². The molecule has 0 heterocycles. The van der Waals surface area contributed by atoms with Crippen molar-refractivity contribution >= 4 is 19.6 Å². The highest BCUT2D eigenvalue weighted by Crippen LogP contribution is 2.42. The minimum absolute atomic E-state index is 0.251. The van der Waals surface area contributed by atoms with Gasteiger partial charge in [-0.1, -0.05) is 12.2 Å². The van der Waals surface area contributed by atoms with Gasteiger partial charge in [-0.05, 0) is 12.8 Å². The predicted molar refractivity (Wildman–Crippen MR) is 59.4 cm³/mol. The highest BCUT2D eigenvalue weighted by molar-refractivity contribution is 7.34. The third-order valence-electron chi connectivity index (χ3n) is 2.43. The van der Waals surface area contributed by atoms with E-state index < -0.39 is 37.1 Å². The third-order valence-corrected chi connectivity index (χ3v) is 3.77. The average Bonchev–Trinajstić information content (AvgIpc) is 2.21. The van der Waals surface area contributed by atoms with E-state index >= 15 is 0 Å². The van der Waals surface area contributed by atoms with E-state index in [0.29, 0.717) is 0 Å². The van der Waals surface area contributed by atoms with Crippen molar-refractivity contribution in [2.24, 2.45) is 5.92 Å². The van der Waals surface area contributed by atoms with E-state index in [9.17, 15) is 18.7 Å². The Labute approximate surface area is 98.5 Å². The number of rotatable bonds is 8. The Balaban J connectivity index is 5.84. The number of hydrogen-bond acceptors (Lipinski definition) is 4. The van der Waals surface area contributed by atoms with Crippen molar-refractivity contribution in [1.29, 1.82) is 0 Å². The highest BCUT2D eigenvalue weighted by Gasteiger charge is 2.53. The number of carboxylic acids is 2. The standard InChI is InChI=1S/C10H13O6P/c1-3-5-7(8(11)12)10(6-4-2,9(13)14)17(15)16/h3-4,7H,1-2,5-6H2,(H,11,12)(H,13,14). The number of aliphatic carboxylic acids is 2. The molecule has 0 aromatic carbocycles. The molecule has 0 spiro atoms. The zero-order chi connectivity index (χ0) is 13.6. The second-order valence-corrected chi connectivity index (χ2v) is 4.71. The quantitative estimate of drug-likeness (QED) is 0.509. The molecule has 0 saturated heterocycles. The summed E-state index contributed by atoms with van der Waals surface area (Å²) in [6.07, 6.45) is 1.54. The van der Waals surface area contributed by atoms with Crippen LogP contribution in [0, 0.1) is 5.92 Å². The molecule has 0 aliphatic rings. The molecule has 0 aliphatic heterocycles. The maximum atomic E-state index is 11.2. The highest BCUT2D eigenvalue weighted by atomic mass is 31.1. The van der Waals surface area contributed by atoms with Gasteiger partial charge in [-0.2, -0.15) is 0 Å². The van der Waals surface area contributed by atoms with Gasteiger partial charge < -0.3 is 10.2 Å². The van der Waals surface area contributed by atoms with Crippen molar-refractivity contribution in [2.75, 3.05) is 0 Å². The van der Waals surface area contributed by atoms with E-state index in [1.165, 1.54) is 6.08 Å². The second kappa shape index (κ2) is 6.15. The Morgan fingerprint density at radius 1 is 1.24 bits per heavy atom. The number of carboxylic acid groups (broad SMARTS) is 2. The molecule has 0 radical (unpaired) electrons. The predicted octanol–water partition coefficient (Wildman–Crippen LogP) is 1.84. The van der Waals surface area contributed by atoms with E-state index in [1.54, 1.807) is 0 Å². The Kier molecular flexibility index (Phi) is 5.55. The first-order valence-corrected chi connectivity index (χ1v) is 5.84. The fourth-order valence-corrected chi connectivity index (χ4v) is 2.45. The average molecular weight is 260 g/mol. The molecule has 0 fully saturated rings. The zero-order valence-electron chi connectivity index (χ0n) is 9.04. The fourth-order valence-electron chi connectivity index (χ4n) is 1.55. The second-order valence-electron chi connectivity index (χ2n) is 3.39. The van der Waals surface area contributed by atoms with Crippen molar-refractivity contribution < 1.29 is 28.9 Å². The molecule has 0 aliphatic carbocycles. The molecule has 17 heavy (non-hydrogen) atoms. The summed E-state index contributed by atoms with van der Waals surface area (Å²) < 4.78 is 22.4. The van der Waals surface area contributed by atoms with Crippen LogP contribution in [0.3, 0.4) is 0 Å². The maximum absolute atomic E-state index is 11.2. The maximum Gasteiger partial charge on any atom is 0.334 e. The largest absolute Gasteiger partial charge is 0.481 e. The molecule has 7 heteroatoms. The van der Waals surface area contributed by atoms with Crippen LogP contribution in [0.2, 0.25) is 0 Å². The first kappa shape index (κ1) is 15.3. The van der Waals surface area contributed by atoms with Crippen molar-refractivity contribution in [1.82, 2.24) is 0 Å². The lowest BCUT2D eigenvalue weighted by Gasteiger charge is -2.26. The van der Waals surface area contributed by atoms with Crippen LogP contribution < -0.4 is 0 Å². The van der Waals surface area contributed by atoms with E-state index in [0.717, 1.165) is 6.08 Å². The Hall–Kier alpha value is -1.68. The summed E-state index contributed by atoms with van der Waals surface area (Å²) in [5.41, 5.74) is 0. The first-order chi connectivity index (χ1) is 7.84. The van der Waals surface area contributed by atoms with Gasteiger partial charge in [0.15, 0.2) is 5.16 Å². The summed E-state index contributed by atoms with van der Waals surface area (Å²) in [6, 6.07) is 0. The number of hydrogen-bond donors (Lipinski definition) is 2. The minimum Gasteiger partial charge on any atom is -0.481 e. The Morgan fingerprint density at radius 2 is 1.76 bits per heavy atom. The van der Waals surface area contributed by atoms with Crippen molar-refractivity contribution in [3.8, 4) is 0 Å². The molecule has 94 valence electrons. The molecule has 0 saturated carbocycles. The van der Waals surface area contributed by atoms with Crippen LogP contribution in [0.5, 0.6) is 0 Å². The van der Waals surface area contributed by atoms with E-state index in [4.69, 9.17) is 10.2 Å². The minimum atomic E-state index is -3.48. The van der Waals surface area contributed by atoms with Crippen molar-refractivity contribution in [3.63, 3.8) is 0 Å². The molecule has 2 unspecified atom stereocenters. The summed E-state index contributed by atoms with van der Waals surface area (Å²) >= 11 is 0. The molecule has 6 nitrogen and oxygen atoms in total. The molecule has 0 bridgehead atoms. The monoisotopic (exact) mass is 260 g/mol. The van der Waals surface area contributed by atoms with E-state index in [2.05, 4.69) is 13.2 Å². The van der Waals surface area contributed by atoms with Crippen LogP contribution in [0.15, 0.2) is 25.3 Å². The van der Waals surface area contributed by atoms with Gasteiger partial charge in [-0.3, -0.25) is 9.59 Å². The summed E-state index contributed by atoms with van der Waals surface area (Å²) in [5, 5.41) is 15.6. The molecule has 0 rings (SSSR count). The fraction of sp³-hybridized carbons (Fsp3) is 0.400. The molecular formula is C10H13O6P. The molecule has 2 N–H and O–H groups in total. The van der Waals surface area contributed by atoms with E-state index in [-0.39, 0.29) is 6.42 Å². The summed E-state index contributed by atoms with van der Waals surface area (Å²) in [7, 11) is -3.48. The molecule has 0 aromatic rings. The molecule has 2 atom stereocenters. The van der Waals surface area contributed by atoms with Gasteiger partial charge in [0.05, 0.1) is 5.92 Å². The van der Waals surface area contributed by atoms with Crippen LogP contribution in [0.25, 0.3) is 0 Å². The summed E-state index contributed by atoms with van der Waals surface area (Å²) in [6.45, 7) is 6.56. The van der Waals surface area contributed by atoms with Gasteiger partial charge in [0.25, 0.3) is 0 Å². The number of allylic oxidation sites excluding steroid dienone is 2. The van der Waals surface area contributed by atoms with Crippen molar-refractivity contribution in [3.05, 3.63) is 25.3 Å². The lowest BCUT2D eigenvalue weighted by atomic mass is 9.85. The van der Waals surface area contributed by atoms with Gasteiger partial charge in [0, 0.05) is 0 Å². The van der Waals surface area contributed by atoms with Gasteiger partial charge in [-0.15, -0.1) is 13.2 Å². The van der Waals surface area contributed by atoms with Crippen LogP contribution in [-0.4, -0.2) is 27.3 Å². The normalized spacial score (nSPS) is 15.3. The van der Waals surface area contributed by atoms with Crippen LogP contribution in [0.1, 0.15) is 12.8 Å². The van der Waals surface area contributed by atoms with E-state index in [1.807, 2.05) is 0 Å². The first-order valence-electron chi connectivity index (χ1n) is 4.67. The summed E-state index contributed by atoms with van der Waals surface area (Å²) in [5.74, 6) is -4.77. The van der Waals surface area contributed by atoms with Gasteiger partial charge in [0.2, 0.25) is 0 Å². The zero-order valence-corrected chi connectivity index (χ0v) is 9.93. The molecule has 0 aromatic heterocycles. The lowest BCUT2D eigenvalue weighted by Crippen LogP contribution is -2.44. The van der Waals surface area contributed by atoms with Gasteiger partial charge in [-0.25, -0.2) is 9.13 Å². The summed E-state index contributed by atoms with van der Waals surface area (Å²) in [4.78, 5) is 22.2. The van der Waals surface area contributed by atoms with Crippen LogP contribution in [0.4, 0.5) is 0 Å². The van der Waals surface area contributed by atoms with Gasteiger partial charge >= 0.3 is 19.6 Å². The Bertz CT molecular complexity index is 403. The Morgan fingerprint density at radius 3 is 2.00 bits per heavy atom. The van der Waals surface area contributed by atoms with Crippen LogP contribution >= 0.6 is 7.68 Å². The molecular weight excluding hydrogens is 247 g/mol. The lowest BCUT2D eigenvalue weighted by molar-refractivity contribution is -0.151. The topological polar surface area (TPSA) is 109 Å². The smallest absolute Gasteiger partial charge is 0.334 e. The van der Waals surface area contributed by atoms with Crippen LogP contribution in [-0.2, 0) is 18.7 Å². The SMILES string of the molecule is C=CCC(C(=O)O)C(CC=C)(C(=O)O)P(=O)=O. The number of carbonyl (C=O) groups is 2.